The normalized spacial score (nSPS) is 10.7. The molecule has 3 aromatic heterocycles. The first-order chi connectivity index (χ1) is 12.7. The molecule has 0 radical (unpaired) electrons. The Kier molecular flexibility index (Phi) is 5.90. The third kappa shape index (κ3) is 4.63. The van der Waals surface area contributed by atoms with Crippen LogP contribution in [0.1, 0.15) is 5.56 Å². The highest BCUT2D eigenvalue weighted by Gasteiger charge is 2.07. The molecule has 0 aliphatic carbocycles. The molecule has 0 fully saturated rings. The molecule has 0 saturated carbocycles. The van der Waals surface area contributed by atoms with Crippen molar-refractivity contribution in [2.75, 3.05) is 18.6 Å². The van der Waals surface area contributed by atoms with Crippen molar-refractivity contribution in [1.82, 2.24) is 24.7 Å². The lowest BCUT2D eigenvalue weighted by atomic mass is 10.2. The van der Waals surface area contributed by atoms with Gasteiger partial charge in [-0.25, -0.2) is 19.0 Å². The lowest BCUT2D eigenvalue weighted by molar-refractivity contribution is 0.316. The quantitative estimate of drug-likeness (QED) is 0.586. The van der Waals surface area contributed by atoms with E-state index in [0.717, 1.165) is 11.9 Å². The maximum atomic E-state index is 13.3. The minimum atomic E-state index is -0.461. The van der Waals surface area contributed by atoms with Crippen molar-refractivity contribution < 1.29 is 9.13 Å². The fraction of sp³-hybridized carbons (Fsp3) is 0.235. The molecule has 0 unspecified atom stereocenters. The van der Waals surface area contributed by atoms with Crippen molar-refractivity contribution in [3.05, 3.63) is 64.7 Å². The van der Waals surface area contributed by atoms with Crippen molar-refractivity contribution in [3.8, 4) is 17.3 Å². The predicted octanol–water partition coefficient (Wildman–Crippen LogP) is 2.02. The van der Waals surface area contributed by atoms with Crippen LogP contribution >= 0.6 is 11.8 Å². The lowest BCUT2D eigenvalue weighted by Gasteiger charge is -2.07. The van der Waals surface area contributed by atoms with Crippen LogP contribution in [0.2, 0.25) is 0 Å². The maximum Gasteiger partial charge on any atom is 0.316 e. The van der Waals surface area contributed by atoms with Gasteiger partial charge in [0.1, 0.15) is 12.4 Å². The van der Waals surface area contributed by atoms with Crippen molar-refractivity contribution >= 4 is 11.8 Å². The number of halogens is 1. The van der Waals surface area contributed by atoms with Gasteiger partial charge in [-0.1, -0.05) is 0 Å². The molecule has 7 nitrogen and oxygen atoms in total. The van der Waals surface area contributed by atoms with Gasteiger partial charge in [0.25, 0.3) is 5.56 Å². The van der Waals surface area contributed by atoms with Crippen molar-refractivity contribution in [1.29, 1.82) is 0 Å². The molecule has 0 amide bonds. The van der Waals surface area contributed by atoms with E-state index in [2.05, 4.69) is 20.1 Å². The Balaban J connectivity index is 1.79. The molecular weight excluding hydrogens is 357 g/mol. The largest absolute Gasteiger partial charge is 0.463 e. The zero-order chi connectivity index (χ0) is 18.4. The molecule has 3 heterocycles. The Bertz CT molecular complexity index is 933. The van der Waals surface area contributed by atoms with Gasteiger partial charge in [0.2, 0.25) is 0 Å². The van der Waals surface area contributed by atoms with Gasteiger partial charge in [0.15, 0.2) is 0 Å². The Morgan fingerprint density at radius 1 is 1.19 bits per heavy atom. The number of thioether (sulfide) groups is 1. The van der Waals surface area contributed by atoms with Crippen LogP contribution in [0.4, 0.5) is 4.39 Å². The standard InChI is InChI=1S/C17H16FN5O2S/c1-26-5-4-25-17-20-8-13(9-21-17)15-2-3-16(24)23(22-15)11-12-6-14(18)10-19-7-12/h2-3,6-10H,4-5,11H2,1H3. The SMILES string of the molecule is CSCCOc1ncc(-c2ccc(=O)n(Cc3cncc(F)c3)n2)cn1. The first-order valence-electron chi connectivity index (χ1n) is 7.77. The first kappa shape index (κ1) is 18.0. The van der Waals surface area contributed by atoms with E-state index in [1.54, 1.807) is 30.2 Å². The Hall–Kier alpha value is -2.81. The van der Waals surface area contributed by atoms with E-state index in [1.165, 1.54) is 23.0 Å². The summed E-state index contributed by atoms with van der Waals surface area (Å²) in [6.07, 6.45) is 7.77. The Labute approximate surface area is 153 Å². The van der Waals surface area contributed by atoms with E-state index in [1.807, 2.05) is 6.26 Å². The Morgan fingerprint density at radius 2 is 2.00 bits per heavy atom. The van der Waals surface area contributed by atoms with Gasteiger partial charge in [0, 0.05) is 36.0 Å². The van der Waals surface area contributed by atoms with Gasteiger partial charge in [-0.3, -0.25) is 9.78 Å². The van der Waals surface area contributed by atoms with Gasteiger partial charge in [-0.05, 0) is 24.0 Å². The van der Waals surface area contributed by atoms with Crippen LogP contribution < -0.4 is 10.3 Å². The molecule has 134 valence electrons. The van der Waals surface area contributed by atoms with Gasteiger partial charge in [0.05, 0.1) is 18.4 Å². The average molecular weight is 373 g/mol. The summed E-state index contributed by atoms with van der Waals surface area (Å²) in [5.74, 6) is 0.393. The molecule has 3 aromatic rings. The van der Waals surface area contributed by atoms with Crippen LogP contribution in [0, 0.1) is 5.82 Å². The van der Waals surface area contributed by atoms with E-state index in [0.29, 0.717) is 29.4 Å². The highest BCUT2D eigenvalue weighted by atomic mass is 32.2. The van der Waals surface area contributed by atoms with Crippen LogP contribution in [0.3, 0.4) is 0 Å². The number of ether oxygens (including phenoxy) is 1. The minimum absolute atomic E-state index is 0.119. The number of hydrogen-bond donors (Lipinski definition) is 0. The molecule has 0 aromatic carbocycles. The van der Waals surface area contributed by atoms with Crippen LogP contribution in [0.15, 0.2) is 47.8 Å². The first-order valence-corrected chi connectivity index (χ1v) is 9.17. The molecule has 0 saturated heterocycles. The average Bonchev–Trinajstić information content (AvgIpc) is 2.64. The summed E-state index contributed by atoms with van der Waals surface area (Å²) < 4.78 is 19.9. The topological polar surface area (TPSA) is 82.8 Å². The second-order valence-corrected chi connectivity index (χ2v) is 6.31. The number of pyridine rings is 1. The highest BCUT2D eigenvalue weighted by molar-refractivity contribution is 7.98. The molecule has 0 bridgehead atoms. The summed E-state index contributed by atoms with van der Waals surface area (Å²) >= 11 is 1.67. The van der Waals surface area contributed by atoms with Crippen molar-refractivity contribution in [2.45, 2.75) is 6.54 Å². The highest BCUT2D eigenvalue weighted by Crippen LogP contribution is 2.15. The monoisotopic (exact) mass is 373 g/mol. The molecule has 9 heteroatoms. The summed E-state index contributed by atoms with van der Waals surface area (Å²) in [7, 11) is 0. The smallest absolute Gasteiger partial charge is 0.316 e. The second-order valence-electron chi connectivity index (χ2n) is 5.32. The van der Waals surface area contributed by atoms with Crippen LogP contribution in [-0.2, 0) is 6.54 Å². The summed E-state index contributed by atoms with van der Waals surface area (Å²) in [5, 5.41) is 4.30. The van der Waals surface area contributed by atoms with E-state index in [9.17, 15) is 9.18 Å². The molecular formula is C17H16FN5O2S. The summed E-state index contributed by atoms with van der Waals surface area (Å²) in [6.45, 7) is 0.652. The fourth-order valence-electron chi connectivity index (χ4n) is 2.17. The van der Waals surface area contributed by atoms with E-state index in [4.69, 9.17) is 4.74 Å². The lowest BCUT2D eigenvalue weighted by Crippen LogP contribution is -2.23. The number of nitrogens with zero attached hydrogens (tertiary/aromatic N) is 5. The number of aromatic nitrogens is 5. The van der Waals surface area contributed by atoms with Gasteiger partial charge in [-0.15, -0.1) is 0 Å². The summed E-state index contributed by atoms with van der Waals surface area (Å²) in [4.78, 5) is 24.1. The molecule has 0 aliphatic heterocycles. The molecule has 26 heavy (non-hydrogen) atoms. The number of rotatable bonds is 7. The van der Waals surface area contributed by atoms with Crippen molar-refractivity contribution in [3.63, 3.8) is 0 Å². The maximum absolute atomic E-state index is 13.3. The fourth-order valence-corrected chi connectivity index (χ4v) is 2.42. The van der Waals surface area contributed by atoms with E-state index in [-0.39, 0.29) is 12.1 Å². The van der Waals surface area contributed by atoms with Gasteiger partial charge >= 0.3 is 6.01 Å². The van der Waals surface area contributed by atoms with Gasteiger partial charge < -0.3 is 4.74 Å². The van der Waals surface area contributed by atoms with Crippen LogP contribution in [0.25, 0.3) is 11.3 Å². The van der Waals surface area contributed by atoms with Crippen molar-refractivity contribution in [2.24, 2.45) is 0 Å². The predicted molar refractivity (Wildman–Crippen MR) is 96.7 cm³/mol. The third-order valence-corrected chi connectivity index (χ3v) is 3.98. The summed E-state index contributed by atoms with van der Waals surface area (Å²) in [5.41, 5.74) is 1.43. The molecule has 0 N–H and O–H groups in total. The van der Waals surface area contributed by atoms with E-state index >= 15 is 0 Å². The molecule has 0 spiro atoms. The molecule has 0 atom stereocenters. The van der Waals surface area contributed by atoms with Gasteiger partial charge in [-0.2, -0.15) is 16.9 Å². The Morgan fingerprint density at radius 3 is 2.73 bits per heavy atom. The summed E-state index contributed by atoms with van der Waals surface area (Å²) in [6, 6.07) is 4.60. The second kappa shape index (κ2) is 8.52. The number of hydrogen-bond acceptors (Lipinski definition) is 7. The van der Waals surface area contributed by atoms with E-state index < -0.39 is 5.82 Å². The third-order valence-electron chi connectivity index (χ3n) is 3.40. The molecule has 3 rings (SSSR count). The zero-order valence-corrected chi connectivity index (χ0v) is 14.8. The van der Waals surface area contributed by atoms with Crippen LogP contribution in [-0.4, -0.2) is 43.3 Å². The minimum Gasteiger partial charge on any atom is -0.463 e. The molecule has 0 aliphatic rings. The zero-order valence-electron chi connectivity index (χ0n) is 14.0. The van der Waals surface area contributed by atoms with Crippen LogP contribution in [0.5, 0.6) is 6.01 Å².